The minimum Gasteiger partial charge on any atom is -0.251 e. The predicted molar refractivity (Wildman–Crippen MR) is 295 cm³/mol. The minimum absolute atomic E-state index is 0.975. The molecule has 0 heterocycles. The summed E-state index contributed by atoms with van der Waals surface area (Å²) in [5.41, 5.74) is 4.20. The molecule has 0 N–H and O–H groups in total. The van der Waals surface area contributed by atoms with Crippen LogP contribution in [0.3, 0.4) is 0 Å². The van der Waals surface area contributed by atoms with Crippen LogP contribution in [0.1, 0.15) is 303 Å². The normalized spacial score (nSPS) is 12.3. The lowest BCUT2D eigenvalue weighted by atomic mass is 10.0. The first-order valence-electron chi connectivity index (χ1n) is 29.3. The lowest BCUT2D eigenvalue weighted by molar-refractivity contribution is 0.516. The molecule has 0 aliphatic carbocycles. The molecule has 2 nitrogen and oxygen atoms in total. The van der Waals surface area contributed by atoms with Gasteiger partial charge in [-0.25, -0.2) is 4.99 Å². The van der Waals surface area contributed by atoms with E-state index in [-0.39, 0.29) is 0 Å². The summed E-state index contributed by atoms with van der Waals surface area (Å²) in [7, 11) is 0. The third-order valence-corrected chi connectivity index (χ3v) is 13.8. The topological polar surface area (TPSA) is 24.7 Å². The maximum absolute atomic E-state index is 5.22. The molecule has 0 atom stereocenters. The van der Waals surface area contributed by atoms with Crippen LogP contribution in [0.15, 0.2) is 82.8 Å². The van der Waals surface area contributed by atoms with Crippen LogP contribution in [0.4, 0.5) is 11.4 Å². The van der Waals surface area contributed by atoms with Crippen LogP contribution in [0, 0.1) is 0 Å². The van der Waals surface area contributed by atoms with E-state index in [0.717, 1.165) is 35.6 Å². The molecule has 370 valence electrons. The van der Waals surface area contributed by atoms with Gasteiger partial charge in [-0.15, -0.1) is 0 Å². The molecule has 0 unspecified atom stereocenters. The number of unbranched alkanes of at least 4 members (excludes halogenated alkanes) is 42. The van der Waals surface area contributed by atoms with Gasteiger partial charge in [-0.05, 0) is 56.0 Å². The Morgan fingerprint density at radius 1 is 0.308 bits per heavy atom. The molecular weight excluding hydrogens is 785 g/mol. The van der Waals surface area contributed by atoms with E-state index < -0.39 is 0 Å². The summed E-state index contributed by atoms with van der Waals surface area (Å²) in [6, 6.07) is 21.0. The summed E-state index contributed by atoms with van der Waals surface area (Å²) in [6.07, 6.45) is 67.9. The summed E-state index contributed by atoms with van der Waals surface area (Å²) in [6.45, 7) is 4.62. The second kappa shape index (κ2) is 48.0. The van der Waals surface area contributed by atoms with E-state index >= 15 is 0 Å². The van der Waals surface area contributed by atoms with E-state index in [2.05, 4.69) is 86.7 Å². The molecule has 0 radical (unpaired) electrons. The van der Waals surface area contributed by atoms with Crippen molar-refractivity contribution in [1.82, 2.24) is 0 Å². The zero-order valence-corrected chi connectivity index (χ0v) is 43.6. The van der Waals surface area contributed by atoms with Crippen molar-refractivity contribution in [1.29, 1.82) is 0 Å². The van der Waals surface area contributed by atoms with Gasteiger partial charge in [-0.1, -0.05) is 320 Å². The largest absolute Gasteiger partial charge is 0.251 e. The van der Waals surface area contributed by atoms with Crippen LogP contribution < -0.4 is 0 Å². The molecule has 2 aromatic carbocycles. The van der Waals surface area contributed by atoms with Gasteiger partial charge >= 0.3 is 0 Å². The van der Waals surface area contributed by atoms with E-state index in [4.69, 9.17) is 9.98 Å². The Morgan fingerprint density at radius 2 is 0.569 bits per heavy atom. The van der Waals surface area contributed by atoms with Gasteiger partial charge in [0.15, 0.2) is 0 Å². The highest BCUT2D eigenvalue weighted by atomic mass is 14.8. The number of hydrogen-bond donors (Lipinski definition) is 0. The van der Waals surface area contributed by atoms with Crippen LogP contribution in [0.25, 0.3) is 0 Å². The lowest BCUT2D eigenvalue weighted by Gasteiger charge is -2.09. The average molecular weight is 894 g/mol. The number of benzene rings is 2. The van der Waals surface area contributed by atoms with Gasteiger partial charge < -0.3 is 0 Å². The fourth-order valence-electron chi connectivity index (χ4n) is 9.53. The van der Waals surface area contributed by atoms with Crippen molar-refractivity contribution in [3.8, 4) is 0 Å². The Labute approximate surface area is 406 Å². The van der Waals surface area contributed by atoms with E-state index in [1.54, 1.807) is 0 Å². The Bertz CT molecular complexity index is 1330. The van der Waals surface area contributed by atoms with Crippen LogP contribution in [-0.4, -0.2) is 11.4 Å². The average Bonchev–Trinajstić information content (AvgIpc) is 3.33. The Hall–Kier alpha value is -2.48. The van der Waals surface area contributed by atoms with Crippen LogP contribution >= 0.6 is 0 Å². The monoisotopic (exact) mass is 893 g/mol. The molecule has 2 aromatic rings. The fraction of sp³-hybridized carbons (Fsp3) is 0.746. The SMILES string of the molecule is CCCCCCCCCCCCCCCCCCCCCCCCCCC/C=C/C(=Nc1ccccc1)C(CCCCCCCCCCCCCCCCCCCC)=Nc1ccccc1. The van der Waals surface area contributed by atoms with Crippen molar-refractivity contribution in [2.75, 3.05) is 0 Å². The van der Waals surface area contributed by atoms with Gasteiger partial charge in [0.05, 0.1) is 22.8 Å². The molecule has 0 aromatic heterocycles. The van der Waals surface area contributed by atoms with Gasteiger partial charge in [0.25, 0.3) is 0 Å². The summed E-state index contributed by atoms with van der Waals surface area (Å²) in [5.74, 6) is 0. The number of rotatable bonds is 49. The molecular formula is C63H108N2. The Morgan fingerprint density at radius 3 is 0.877 bits per heavy atom. The molecule has 0 amide bonds. The van der Waals surface area contributed by atoms with E-state index in [9.17, 15) is 0 Å². The number of allylic oxidation sites excluding steroid dienone is 2. The first kappa shape index (κ1) is 58.6. The van der Waals surface area contributed by atoms with Crippen LogP contribution in [-0.2, 0) is 0 Å². The second-order valence-electron chi connectivity index (χ2n) is 20.2. The van der Waals surface area contributed by atoms with Crippen molar-refractivity contribution in [2.45, 2.75) is 303 Å². The summed E-state index contributed by atoms with van der Waals surface area (Å²) >= 11 is 0. The first-order chi connectivity index (χ1) is 32.3. The maximum atomic E-state index is 5.22. The number of para-hydroxylation sites is 2. The molecule has 0 saturated heterocycles. The number of nitrogens with zero attached hydrogens (tertiary/aromatic N) is 2. The standard InChI is InChI=1S/C63H108N2/c1-3-5-7-9-11-13-15-17-19-21-23-24-25-26-27-28-29-30-31-33-35-37-39-41-43-45-53-59-63(65-61-56-50-47-51-57-61)62(64-60-54-48-46-49-55-60)58-52-44-42-40-38-36-34-32-22-20-18-16-14-12-10-8-6-4-2/h46-51,53-57,59H,3-45,52,58H2,1-2H3/b59-53+,64-62?,65-63?. The van der Waals surface area contributed by atoms with Gasteiger partial charge in [0.2, 0.25) is 0 Å². The van der Waals surface area contributed by atoms with E-state index in [0.29, 0.717) is 0 Å². The third kappa shape index (κ3) is 39.2. The highest BCUT2D eigenvalue weighted by Crippen LogP contribution is 2.21. The predicted octanol–water partition coefficient (Wildman–Crippen LogP) is 22.7. The fourth-order valence-corrected chi connectivity index (χ4v) is 9.53. The zero-order valence-electron chi connectivity index (χ0n) is 43.6. The van der Waals surface area contributed by atoms with Gasteiger partial charge in [0.1, 0.15) is 0 Å². The van der Waals surface area contributed by atoms with Crippen LogP contribution in [0.5, 0.6) is 0 Å². The smallest absolute Gasteiger partial charge is 0.0848 e. The van der Waals surface area contributed by atoms with Gasteiger partial charge in [0, 0.05) is 0 Å². The molecule has 0 aliphatic rings. The van der Waals surface area contributed by atoms with Gasteiger partial charge in [-0.3, -0.25) is 4.99 Å². The van der Waals surface area contributed by atoms with E-state index in [1.165, 1.54) is 276 Å². The molecule has 2 rings (SSSR count). The Kier molecular flexibility index (Phi) is 43.3. The third-order valence-electron chi connectivity index (χ3n) is 13.8. The van der Waals surface area contributed by atoms with Crippen molar-refractivity contribution in [3.05, 3.63) is 72.8 Å². The highest BCUT2D eigenvalue weighted by molar-refractivity contribution is 6.47. The van der Waals surface area contributed by atoms with Gasteiger partial charge in [-0.2, -0.15) is 0 Å². The molecule has 2 heteroatoms. The van der Waals surface area contributed by atoms with Crippen molar-refractivity contribution >= 4 is 22.8 Å². The Balaban J connectivity index is 1.56. The highest BCUT2D eigenvalue weighted by Gasteiger charge is 2.09. The number of hydrogen-bond acceptors (Lipinski definition) is 2. The van der Waals surface area contributed by atoms with Crippen molar-refractivity contribution in [3.63, 3.8) is 0 Å². The second-order valence-corrected chi connectivity index (χ2v) is 20.2. The maximum Gasteiger partial charge on any atom is 0.0848 e. The molecule has 65 heavy (non-hydrogen) atoms. The molecule has 0 bridgehead atoms. The van der Waals surface area contributed by atoms with Crippen molar-refractivity contribution < 1.29 is 0 Å². The molecule has 0 aliphatic heterocycles. The lowest BCUT2D eigenvalue weighted by Crippen LogP contribution is -2.12. The summed E-state index contributed by atoms with van der Waals surface area (Å²) < 4.78 is 0. The van der Waals surface area contributed by atoms with Crippen molar-refractivity contribution in [2.24, 2.45) is 9.98 Å². The molecule has 0 fully saturated rings. The first-order valence-corrected chi connectivity index (χ1v) is 29.3. The molecule has 0 saturated carbocycles. The van der Waals surface area contributed by atoms with Crippen LogP contribution in [0.2, 0.25) is 0 Å². The quantitative estimate of drug-likeness (QED) is 0.0467. The number of aliphatic imine (C=N–C) groups is 2. The van der Waals surface area contributed by atoms with E-state index in [1.807, 2.05) is 0 Å². The summed E-state index contributed by atoms with van der Waals surface area (Å²) in [4.78, 5) is 10.4. The minimum atomic E-state index is 0.975. The molecule has 0 spiro atoms. The zero-order chi connectivity index (χ0) is 46.0. The summed E-state index contributed by atoms with van der Waals surface area (Å²) in [5, 5.41) is 0.